The Labute approximate surface area is 156 Å². The Kier molecular flexibility index (Phi) is 6.53. The van der Waals surface area contributed by atoms with Gasteiger partial charge in [0.2, 0.25) is 5.91 Å². The van der Waals surface area contributed by atoms with Crippen LogP contribution in [-0.4, -0.2) is 21.6 Å². The molecule has 10 heteroatoms. The molecule has 0 radical (unpaired) electrons. The predicted molar refractivity (Wildman–Crippen MR) is 90.8 cm³/mol. The van der Waals surface area contributed by atoms with Crippen LogP contribution in [0.5, 0.6) is 0 Å². The minimum absolute atomic E-state index is 0.123. The Balaban J connectivity index is 1.94. The lowest BCUT2D eigenvalue weighted by atomic mass is 10.1. The highest BCUT2D eigenvalue weighted by Gasteiger charge is 2.32. The number of hydrogen-bond donors (Lipinski definition) is 1. The van der Waals surface area contributed by atoms with E-state index in [0.717, 1.165) is 24.0 Å². The molecule has 1 amide bonds. The van der Waals surface area contributed by atoms with Crippen molar-refractivity contribution >= 4 is 40.9 Å². The molecule has 1 atom stereocenters. The van der Waals surface area contributed by atoms with E-state index in [4.69, 9.17) is 23.2 Å². The SMILES string of the molecule is CC(NC(=O)CSc1nccc(C(F)(F)F)n1)c1ccc(Cl)cc1Cl. The zero-order valence-electron chi connectivity index (χ0n) is 12.8. The van der Waals surface area contributed by atoms with Gasteiger partial charge >= 0.3 is 6.18 Å². The Hall–Kier alpha value is -1.51. The highest BCUT2D eigenvalue weighted by Crippen LogP contribution is 2.29. The molecule has 1 heterocycles. The van der Waals surface area contributed by atoms with Crippen molar-refractivity contribution in [3.05, 3.63) is 51.8 Å². The molecular weight excluding hydrogens is 398 g/mol. The molecule has 0 aliphatic carbocycles. The number of carbonyl (C=O) groups is 1. The van der Waals surface area contributed by atoms with E-state index in [9.17, 15) is 18.0 Å². The van der Waals surface area contributed by atoms with Crippen LogP contribution < -0.4 is 5.32 Å². The van der Waals surface area contributed by atoms with Crippen LogP contribution in [-0.2, 0) is 11.0 Å². The maximum absolute atomic E-state index is 12.6. The number of aromatic nitrogens is 2. The lowest BCUT2D eigenvalue weighted by molar-refractivity contribution is -0.141. The van der Waals surface area contributed by atoms with Gasteiger partial charge in [-0.2, -0.15) is 13.2 Å². The van der Waals surface area contributed by atoms with Crippen LogP contribution in [0.15, 0.2) is 35.6 Å². The Morgan fingerprint density at radius 1 is 1.32 bits per heavy atom. The molecule has 1 aromatic heterocycles. The van der Waals surface area contributed by atoms with Crippen LogP contribution in [0.25, 0.3) is 0 Å². The molecule has 25 heavy (non-hydrogen) atoms. The molecule has 1 unspecified atom stereocenters. The summed E-state index contributed by atoms with van der Waals surface area (Å²) >= 11 is 12.7. The van der Waals surface area contributed by atoms with Gasteiger partial charge in [-0.3, -0.25) is 4.79 Å². The summed E-state index contributed by atoms with van der Waals surface area (Å²) < 4.78 is 37.8. The fraction of sp³-hybridized carbons (Fsp3) is 0.267. The maximum atomic E-state index is 12.6. The van der Waals surface area contributed by atoms with Gasteiger partial charge in [-0.25, -0.2) is 9.97 Å². The summed E-state index contributed by atoms with van der Waals surface area (Å²) in [5, 5.41) is 3.47. The summed E-state index contributed by atoms with van der Waals surface area (Å²) in [7, 11) is 0. The lowest BCUT2D eigenvalue weighted by Crippen LogP contribution is -2.28. The third-order valence-electron chi connectivity index (χ3n) is 3.06. The smallest absolute Gasteiger partial charge is 0.349 e. The van der Waals surface area contributed by atoms with E-state index in [2.05, 4.69) is 15.3 Å². The summed E-state index contributed by atoms with van der Waals surface area (Å²) in [5.74, 6) is -0.513. The van der Waals surface area contributed by atoms with Gasteiger partial charge in [-0.15, -0.1) is 0 Å². The van der Waals surface area contributed by atoms with Crippen molar-refractivity contribution in [3.8, 4) is 0 Å². The van der Waals surface area contributed by atoms with Crippen molar-refractivity contribution in [2.75, 3.05) is 5.75 Å². The number of benzene rings is 1. The number of thioether (sulfide) groups is 1. The number of halogens is 5. The number of hydrogen-bond acceptors (Lipinski definition) is 4. The second kappa shape index (κ2) is 8.25. The van der Waals surface area contributed by atoms with Gasteiger partial charge < -0.3 is 5.32 Å². The number of carbonyl (C=O) groups excluding carboxylic acids is 1. The minimum Gasteiger partial charge on any atom is -0.349 e. The summed E-state index contributed by atoms with van der Waals surface area (Å²) in [5.41, 5.74) is -0.369. The number of amides is 1. The van der Waals surface area contributed by atoms with Crippen molar-refractivity contribution in [2.24, 2.45) is 0 Å². The first-order chi connectivity index (χ1) is 11.7. The monoisotopic (exact) mass is 409 g/mol. The molecule has 2 rings (SSSR count). The van der Waals surface area contributed by atoms with Crippen LogP contribution in [0.2, 0.25) is 10.0 Å². The van der Waals surface area contributed by atoms with Gasteiger partial charge in [-0.1, -0.05) is 41.0 Å². The van der Waals surface area contributed by atoms with Gasteiger partial charge in [-0.05, 0) is 30.7 Å². The Bertz CT molecular complexity index is 774. The number of rotatable bonds is 5. The van der Waals surface area contributed by atoms with Crippen LogP contribution in [0.4, 0.5) is 13.2 Å². The van der Waals surface area contributed by atoms with Gasteiger partial charge in [0.15, 0.2) is 5.16 Å². The lowest BCUT2D eigenvalue weighted by Gasteiger charge is -2.15. The van der Waals surface area contributed by atoms with Gasteiger partial charge in [0.05, 0.1) is 11.8 Å². The average Bonchev–Trinajstić information content (AvgIpc) is 2.52. The molecule has 134 valence electrons. The van der Waals surface area contributed by atoms with E-state index >= 15 is 0 Å². The van der Waals surface area contributed by atoms with E-state index in [-0.39, 0.29) is 22.9 Å². The molecule has 1 aromatic carbocycles. The first kappa shape index (κ1) is 19.8. The van der Waals surface area contributed by atoms with Crippen molar-refractivity contribution in [1.29, 1.82) is 0 Å². The van der Waals surface area contributed by atoms with Crippen molar-refractivity contribution in [2.45, 2.75) is 24.3 Å². The average molecular weight is 410 g/mol. The molecule has 0 fully saturated rings. The second-order valence-electron chi connectivity index (χ2n) is 4.97. The van der Waals surface area contributed by atoms with Crippen molar-refractivity contribution in [1.82, 2.24) is 15.3 Å². The molecule has 4 nitrogen and oxygen atoms in total. The molecule has 0 saturated heterocycles. The van der Waals surface area contributed by atoms with E-state index < -0.39 is 11.9 Å². The zero-order chi connectivity index (χ0) is 18.6. The summed E-state index contributed by atoms with van der Waals surface area (Å²) in [6.07, 6.45) is -3.55. The van der Waals surface area contributed by atoms with E-state index in [1.54, 1.807) is 25.1 Å². The highest BCUT2D eigenvalue weighted by molar-refractivity contribution is 7.99. The Morgan fingerprint density at radius 2 is 2.04 bits per heavy atom. The minimum atomic E-state index is -4.56. The molecule has 2 aromatic rings. The van der Waals surface area contributed by atoms with E-state index in [1.165, 1.54) is 0 Å². The molecule has 0 saturated carbocycles. The summed E-state index contributed by atoms with van der Waals surface area (Å²) in [6, 6.07) is 5.29. The molecular formula is C15H12Cl2F3N3OS. The van der Waals surface area contributed by atoms with Gasteiger partial charge in [0.25, 0.3) is 0 Å². The Morgan fingerprint density at radius 3 is 2.68 bits per heavy atom. The number of nitrogens with one attached hydrogen (secondary N) is 1. The van der Waals surface area contributed by atoms with E-state index in [0.29, 0.717) is 15.6 Å². The third kappa shape index (κ3) is 5.76. The molecule has 0 spiro atoms. The molecule has 1 N–H and O–H groups in total. The third-order valence-corrected chi connectivity index (χ3v) is 4.49. The van der Waals surface area contributed by atoms with Gasteiger partial charge in [0.1, 0.15) is 5.69 Å². The fourth-order valence-electron chi connectivity index (χ4n) is 1.91. The number of nitrogens with zero attached hydrogens (tertiary/aromatic N) is 2. The normalized spacial score (nSPS) is 12.7. The quantitative estimate of drug-likeness (QED) is 0.570. The predicted octanol–water partition coefficient (Wildman–Crippen LogP) is 4.77. The maximum Gasteiger partial charge on any atom is 0.433 e. The van der Waals surface area contributed by atoms with E-state index in [1.807, 2.05) is 0 Å². The van der Waals surface area contributed by atoms with Crippen molar-refractivity contribution in [3.63, 3.8) is 0 Å². The first-order valence-electron chi connectivity index (χ1n) is 6.94. The van der Waals surface area contributed by atoms with Crippen LogP contribution >= 0.6 is 35.0 Å². The van der Waals surface area contributed by atoms with Crippen LogP contribution in [0, 0.1) is 0 Å². The topological polar surface area (TPSA) is 54.9 Å². The highest BCUT2D eigenvalue weighted by atomic mass is 35.5. The fourth-order valence-corrected chi connectivity index (χ4v) is 3.13. The number of alkyl halides is 3. The summed E-state index contributed by atoms with van der Waals surface area (Å²) in [4.78, 5) is 19.1. The largest absolute Gasteiger partial charge is 0.433 e. The first-order valence-corrected chi connectivity index (χ1v) is 8.68. The van der Waals surface area contributed by atoms with Crippen LogP contribution in [0.3, 0.4) is 0 Å². The summed E-state index contributed by atoms with van der Waals surface area (Å²) in [6.45, 7) is 1.73. The molecule has 0 aliphatic rings. The zero-order valence-corrected chi connectivity index (χ0v) is 15.1. The van der Waals surface area contributed by atoms with Crippen molar-refractivity contribution < 1.29 is 18.0 Å². The molecule has 0 bridgehead atoms. The van der Waals surface area contributed by atoms with Crippen LogP contribution in [0.1, 0.15) is 24.2 Å². The standard InChI is InChI=1S/C15H12Cl2F3N3OS/c1-8(10-3-2-9(16)6-11(10)17)22-13(24)7-25-14-21-5-4-12(23-14)15(18,19)20/h2-6,8H,7H2,1H3,(H,22,24). The molecule has 0 aliphatic heterocycles. The van der Waals surface area contributed by atoms with Gasteiger partial charge in [0, 0.05) is 16.2 Å². The second-order valence-corrected chi connectivity index (χ2v) is 6.75.